The van der Waals surface area contributed by atoms with Gasteiger partial charge in [-0.2, -0.15) is 0 Å². The minimum absolute atomic E-state index is 0.970. The van der Waals surface area contributed by atoms with Gasteiger partial charge in [0, 0.05) is 0 Å². The van der Waals surface area contributed by atoms with Gasteiger partial charge in [-0.05, 0) is 5.92 Å². The average molecular weight is 395 g/mol. The molecule has 0 saturated carbocycles. The molecule has 1 atom stereocenters. The van der Waals surface area contributed by atoms with Crippen molar-refractivity contribution in [2.24, 2.45) is 5.92 Å². The molecule has 0 aliphatic rings. The SMILES string of the molecule is CCCCCCCCCCCCCCCCC(C)CCCCCCCCCC. The van der Waals surface area contributed by atoms with Gasteiger partial charge >= 0.3 is 0 Å². The van der Waals surface area contributed by atoms with Crippen LogP contribution in [0.5, 0.6) is 0 Å². The lowest BCUT2D eigenvalue weighted by atomic mass is 9.95. The Hall–Kier alpha value is 0. The van der Waals surface area contributed by atoms with E-state index < -0.39 is 0 Å². The summed E-state index contributed by atoms with van der Waals surface area (Å²) in [5.41, 5.74) is 0. The summed E-state index contributed by atoms with van der Waals surface area (Å²) >= 11 is 0. The average Bonchev–Trinajstić information content (AvgIpc) is 2.70. The van der Waals surface area contributed by atoms with E-state index in [1.807, 2.05) is 0 Å². The zero-order valence-electron chi connectivity index (χ0n) is 20.5. The fraction of sp³-hybridized carbons (Fsp3) is 1.00. The van der Waals surface area contributed by atoms with E-state index in [9.17, 15) is 0 Å². The number of rotatable bonds is 24. The van der Waals surface area contributed by atoms with Crippen molar-refractivity contribution >= 4 is 0 Å². The second-order valence-corrected chi connectivity index (χ2v) is 9.75. The van der Waals surface area contributed by atoms with Crippen molar-refractivity contribution in [2.75, 3.05) is 0 Å². The molecule has 0 fully saturated rings. The van der Waals surface area contributed by atoms with E-state index in [4.69, 9.17) is 0 Å². The third kappa shape index (κ3) is 24.0. The van der Waals surface area contributed by atoms with Crippen molar-refractivity contribution in [3.05, 3.63) is 0 Å². The monoisotopic (exact) mass is 394 g/mol. The van der Waals surface area contributed by atoms with Crippen LogP contribution in [0.3, 0.4) is 0 Å². The predicted molar refractivity (Wildman–Crippen MR) is 131 cm³/mol. The summed E-state index contributed by atoms with van der Waals surface area (Å²) in [6.07, 6.45) is 35.3. The van der Waals surface area contributed by atoms with E-state index in [2.05, 4.69) is 20.8 Å². The third-order valence-corrected chi connectivity index (χ3v) is 6.60. The molecule has 0 aromatic heterocycles. The second-order valence-electron chi connectivity index (χ2n) is 9.75. The van der Waals surface area contributed by atoms with Crippen LogP contribution in [0.2, 0.25) is 0 Å². The first-order valence-corrected chi connectivity index (χ1v) is 13.8. The quantitative estimate of drug-likeness (QED) is 0.143. The molecule has 0 nitrogen and oxygen atoms in total. The van der Waals surface area contributed by atoms with Gasteiger partial charge in [-0.15, -0.1) is 0 Å². The van der Waals surface area contributed by atoms with Gasteiger partial charge in [0.05, 0.1) is 0 Å². The van der Waals surface area contributed by atoms with Crippen LogP contribution in [0.15, 0.2) is 0 Å². The van der Waals surface area contributed by atoms with Crippen LogP contribution in [0.25, 0.3) is 0 Å². The Morgan fingerprint density at radius 3 is 0.786 bits per heavy atom. The molecule has 0 radical (unpaired) electrons. The van der Waals surface area contributed by atoms with Crippen molar-refractivity contribution in [1.82, 2.24) is 0 Å². The molecule has 0 rings (SSSR count). The summed E-state index contributed by atoms with van der Waals surface area (Å²) in [6, 6.07) is 0. The largest absolute Gasteiger partial charge is 0.0654 e. The second kappa shape index (κ2) is 25.0. The zero-order chi connectivity index (χ0) is 20.5. The minimum atomic E-state index is 0.970. The Morgan fingerprint density at radius 2 is 0.536 bits per heavy atom. The van der Waals surface area contributed by atoms with Gasteiger partial charge in [-0.1, -0.05) is 175 Å². The summed E-state index contributed by atoms with van der Waals surface area (Å²) in [5.74, 6) is 0.970. The van der Waals surface area contributed by atoms with Crippen molar-refractivity contribution in [1.29, 1.82) is 0 Å². The zero-order valence-corrected chi connectivity index (χ0v) is 20.5. The fourth-order valence-electron chi connectivity index (χ4n) is 4.46. The molecule has 0 bridgehead atoms. The molecule has 170 valence electrons. The molecule has 0 saturated heterocycles. The van der Waals surface area contributed by atoms with Crippen LogP contribution in [0.1, 0.15) is 175 Å². The summed E-state index contributed by atoms with van der Waals surface area (Å²) in [6.45, 7) is 7.10. The highest BCUT2D eigenvalue weighted by Gasteiger charge is 2.02. The van der Waals surface area contributed by atoms with Gasteiger partial charge in [-0.3, -0.25) is 0 Å². The van der Waals surface area contributed by atoms with E-state index in [-0.39, 0.29) is 0 Å². The van der Waals surface area contributed by atoms with Gasteiger partial charge in [0.25, 0.3) is 0 Å². The van der Waals surface area contributed by atoms with Crippen LogP contribution in [-0.4, -0.2) is 0 Å². The molecule has 0 amide bonds. The molecule has 28 heavy (non-hydrogen) atoms. The Balaban J connectivity index is 3.11. The fourth-order valence-corrected chi connectivity index (χ4v) is 4.46. The number of hydrogen-bond acceptors (Lipinski definition) is 0. The van der Waals surface area contributed by atoms with Gasteiger partial charge in [0.2, 0.25) is 0 Å². The summed E-state index contributed by atoms with van der Waals surface area (Å²) < 4.78 is 0. The van der Waals surface area contributed by atoms with Crippen LogP contribution in [0, 0.1) is 5.92 Å². The standard InChI is InChI=1S/C28H58/c1-4-6-8-10-12-14-15-16-17-18-19-21-23-25-27-28(3)26-24-22-20-13-11-9-7-5-2/h28H,4-27H2,1-3H3. The molecule has 0 aliphatic heterocycles. The van der Waals surface area contributed by atoms with Crippen LogP contribution < -0.4 is 0 Å². The minimum Gasteiger partial charge on any atom is -0.0654 e. The van der Waals surface area contributed by atoms with Crippen molar-refractivity contribution < 1.29 is 0 Å². The van der Waals surface area contributed by atoms with Crippen LogP contribution >= 0.6 is 0 Å². The Labute approximate surface area is 181 Å². The molecule has 0 heteroatoms. The lowest BCUT2D eigenvalue weighted by molar-refractivity contribution is 0.430. The summed E-state index contributed by atoms with van der Waals surface area (Å²) in [5, 5.41) is 0. The van der Waals surface area contributed by atoms with E-state index in [1.165, 1.54) is 154 Å². The molecule has 0 aliphatic carbocycles. The molecular weight excluding hydrogens is 336 g/mol. The predicted octanol–water partition coefficient (Wildman–Crippen LogP) is 11.0. The van der Waals surface area contributed by atoms with E-state index in [0.29, 0.717) is 0 Å². The van der Waals surface area contributed by atoms with Crippen LogP contribution in [0.4, 0.5) is 0 Å². The summed E-state index contributed by atoms with van der Waals surface area (Å²) in [7, 11) is 0. The third-order valence-electron chi connectivity index (χ3n) is 6.60. The molecule has 0 N–H and O–H groups in total. The van der Waals surface area contributed by atoms with Gasteiger partial charge in [-0.25, -0.2) is 0 Å². The Morgan fingerprint density at radius 1 is 0.321 bits per heavy atom. The van der Waals surface area contributed by atoms with Gasteiger partial charge in [0.1, 0.15) is 0 Å². The maximum absolute atomic E-state index is 2.49. The topological polar surface area (TPSA) is 0 Å². The molecule has 1 unspecified atom stereocenters. The maximum atomic E-state index is 2.49. The first-order valence-electron chi connectivity index (χ1n) is 13.8. The molecule has 0 heterocycles. The summed E-state index contributed by atoms with van der Waals surface area (Å²) in [4.78, 5) is 0. The molecule has 0 spiro atoms. The first kappa shape index (κ1) is 28.0. The molecular formula is C28H58. The van der Waals surface area contributed by atoms with Crippen molar-refractivity contribution in [3.63, 3.8) is 0 Å². The smallest absolute Gasteiger partial charge is 0.0443 e. The highest BCUT2D eigenvalue weighted by molar-refractivity contribution is 4.56. The van der Waals surface area contributed by atoms with E-state index in [1.54, 1.807) is 0 Å². The lowest BCUT2D eigenvalue weighted by Crippen LogP contribution is -1.95. The first-order chi connectivity index (χ1) is 13.8. The van der Waals surface area contributed by atoms with Gasteiger partial charge < -0.3 is 0 Å². The number of hydrogen-bond donors (Lipinski definition) is 0. The molecule has 0 aromatic rings. The normalized spacial score (nSPS) is 12.5. The molecule has 0 aromatic carbocycles. The highest BCUT2D eigenvalue weighted by Crippen LogP contribution is 2.19. The maximum Gasteiger partial charge on any atom is -0.0443 e. The van der Waals surface area contributed by atoms with Crippen LogP contribution in [-0.2, 0) is 0 Å². The Kier molecular flexibility index (Phi) is 25.0. The van der Waals surface area contributed by atoms with E-state index >= 15 is 0 Å². The van der Waals surface area contributed by atoms with Gasteiger partial charge in [0.15, 0.2) is 0 Å². The highest BCUT2D eigenvalue weighted by atomic mass is 14.1. The number of unbranched alkanes of at least 4 members (excludes halogenated alkanes) is 20. The van der Waals surface area contributed by atoms with E-state index in [0.717, 1.165) is 5.92 Å². The Bertz CT molecular complexity index is 257. The van der Waals surface area contributed by atoms with Crippen molar-refractivity contribution in [2.45, 2.75) is 175 Å². The lowest BCUT2D eigenvalue weighted by Gasteiger charge is -2.11. The van der Waals surface area contributed by atoms with Crippen molar-refractivity contribution in [3.8, 4) is 0 Å².